The number of carboxylic acid groups (broad SMARTS) is 1. The highest BCUT2D eigenvalue weighted by molar-refractivity contribution is 7.99. The van der Waals surface area contributed by atoms with Crippen molar-refractivity contribution in [1.82, 2.24) is 47.2 Å². The number of carbonyl (C=O) groups excluding carboxylic acids is 7. The van der Waals surface area contributed by atoms with E-state index in [9.17, 15) is 74.7 Å². The third-order valence-corrected chi connectivity index (χ3v) is 20.4. The summed E-state index contributed by atoms with van der Waals surface area (Å²) in [6.07, 6.45) is -18.5. The Morgan fingerprint density at radius 2 is 1.36 bits per heavy atom. The van der Waals surface area contributed by atoms with Gasteiger partial charge in [-0.2, -0.15) is 0 Å². The molecule has 0 radical (unpaired) electrons. The fraction of sp³-hybridized carbons (Fsp3) is 0.408. The minimum absolute atomic E-state index is 0.0622. The molecule has 9 unspecified atom stereocenters. The summed E-state index contributed by atoms with van der Waals surface area (Å²) >= 11 is 15.2. The van der Waals surface area contributed by atoms with Gasteiger partial charge >= 0.3 is 5.97 Å². The molecule has 38 heteroatoms. The number of fused-ring (bicyclic) bond motifs is 15. The first-order valence-corrected chi connectivity index (χ1v) is 35.8. The Bertz CT molecular complexity index is 4630. The van der Waals surface area contributed by atoms with Gasteiger partial charge in [-0.25, -0.2) is 9.78 Å². The van der Waals surface area contributed by atoms with E-state index >= 15 is 14.4 Å². The Balaban J connectivity index is 1.17. The highest BCUT2D eigenvalue weighted by atomic mass is 35.5. The number of aromatic nitrogens is 2. The molecule has 0 aliphatic carbocycles. The normalized spacial score (nSPS) is 28.1. The van der Waals surface area contributed by atoms with Gasteiger partial charge in [0.2, 0.25) is 53.4 Å². The Hall–Kier alpha value is -9.93. The highest BCUT2D eigenvalue weighted by Gasteiger charge is 2.52. The van der Waals surface area contributed by atoms with Crippen molar-refractivity contribution < 1.29 is 113 Å². The van der Waals surface area contributed by atoms with Gasteiger partial charge in [-0.15, -0.1) is 0 Å². The number of carboxylic acids is 1. The number of aryl methyl sites for hydroxylation is 1. The number of ether oxygens (including phenoxy) is 6. The lowest BCUT2D eigenvalue weighted by molar-refractivity contribution is -0.329. The Morgan fingerprint density at radius 3 is 1.96 bits per heavy atom. The van der Waals surface area contributed by atoms with E-state index in [4.69, 9.17) is 63.1 Å². The Kier molecular flexibility index (Phi) is 24.0. The monoisotopic (exact) mass is 1570 g/mol. The number of rotatable bonds is 15. The quantitative estimate of drug-likeness (QED) is 0.0509. The number of aliphatic carboxylic acids is 1. The van der Waals surface area contributed by atoms with Crippen molar-refractivity contribution in [2.75, 3.05) is 12.8 Å². The van der Waals surface area contributed by atoms with Crippen molar-refractivity contribution in [2.24, 2.45) is 17.4 Å². The number of phenolic OH excluding ortho intramolecular Hbond substituents is 3. The van der Waals surface area contributed by atoms with Crippen LogP contribution in [0.25, 0.3) is 11.1 Å². The molecular formula is C71H79Cl2N11O24S. The van der Waals surface area contributed by atoms with Gasteiger partial charge < -0.3 is 128 Å². The zero-order valence-electron chi connectivity index (χ0n) is 58.7. The molecule has 21 N–H and O–H groups in total. The lowest BCUT2D eigenvalue weighted by atomic mass is 9.86. The lowest BCUT2D eigenvalue weighted by Gasteiger charge is -2.47. The predicted molar refractivity (Wildman–Crippen MR) is 383 cm³/mol. The molecule has 11 bridgehead atoms. The van der Waals surface area contributed by atoms with Crippen LogP contribution in [0.2, 0.25) is 10.0 Å². The number of primary amides is 1. The summed E-state index contributed by atoms with van der Waals surface area (Å²) in [5.41, 5.74) is 7.87. The number of likely N-dealkylation sites (N-methyl/N-ethyl adjacent to an activating group) is 1. The number of amides is 7. The number of halogens is 2. The van der Waals surface area contributed by atoms with Gasteiger partial charge in [0.25, 0.3) is 5.56 Å². The van der Waals surface area contributed by atoms with Gasteiger partial charge in [0, 0.05) is 52.2 Å². The maximum atomic E-state index is 16.2. The maximum Gasteiger partial charge on any atom is 0.330 e. The zero-order chi connectivity index (χ0) is 79.1. The van der Waals surface area contributed by atoms with Crippen LogP contribution in [0.4, 0.5) is 0 Å². The van der Waals surface area contributed by atoms with Crippen LogP contribution in [0.15, 0.2) is 94.9 Å². The molecule has 109 heavy (non-hydrogen) atoms. The molecular weight excluding hydrogens is 1490 g/mol. The maximum absolute atomic E-state index is 16.2. The molecule has 7 aliphatic heterocycles. The van der Waals surface area contributed by atoms with E-state index in [-0.39, 0.29) is 57.1 Å². The molecule has 1 aromatic heterocycles. The smallest absolute Gasteiger partial charge is 0.330 e. The van der Waals surface area contributed by atoms with Crippen LogP contribution in [0.3, 0.4) is 0 Å². The summed E-state index contributed by atoms with van der Waals surface area (Å²) in [4.78, 5) is 137. The van der Waals surface area contributed by atoms with Crippen LogP contribution >= 0.6 is 35.0 Å². The van der Waals surface area contributed by atoms with E-state index in [0.29, 0.717) is 5.69 Å². The number of thioether (sulfide) groups is 1. The fourth-order valence-corrected chi connectivity index (χ4v) is 14.7. The van der Waals surface area contributed by atoms with E-state index in [2.05, 4.69) is 47.2 Å². The summed E-state index contributed by atoms with van der Waals surface area (Å²) in [6, 6.07) is 0.540. The lowest BCUT2D eigenvalue weighted by Crippen LogP contribution is -2.64. The number of aliphatic hydroxyl groups excluding tert-OH is 5. The molecule has 2 fully saturated rings. The predicted octanol–water partition coefficient (Wildman–Crippen LogP) is 1.30. The van der Waals surface area contributed by atoms with Crippen molar-refractivity contribution in [3.8, 4) is 57.1 Å². The van der Waals surface area contributed by atoms with Gasteiger partial charge in [-0.1, -0.05) is 67.0 Å². The molecule has 0 spiro atoms. The average molecular weight is 1570 g/mol. The number of aromatic hydroxyl groups is 3. The second kappa shape index (κ2) is 32.7. The number of aliphatic hydroxyl groups is 5. The van der Waals surface area contributed by atoms with Gasteiger partial charge in [0.1, 0.15) is 83.4 Å². The second-order valence-corrected chi connectivity index (χ2v) is 29.4. The summed E-state index contributed by atoms with van der Waals surface area (Å²) in [6.45, 7) is 8.21. The van der Waals surface area contributed by atoms with E-state index in [1.807, 2.05) is 13.8 Å². The molecule has 7 aliphatic rings. The van der Waals surface area contributed by atoms with Crippen molar-refractivity contribution in [2.45, 2.75) is 168 Å². The van der Waals surface area contributed by atoms with Gasteiger partial charge in [0.05, 0.1) is 40.8 Å². The number of nitrogens with two attached hydrogens (primary N) is 2. The third kappa shape index (κ3) is 17.6. The first-order chi connectivity index (χ1) is 51.5. The number of carbonyl (C=O) groups is 8. The van der Waals surface area contributed by atoms with E-state index in [1.165, 1.54) is 39.1 Å². The van der Waals surface area contributed by atoms with E-state index < -0.39 is 236 Å². The first-order valence-electron chi connectivity index (χ1n) is 34.0. The summed E-state index contributed by atoms with van der Waals surface area (Å²) in [5.74, 6) is -16.3. The Morgan fingerprint density at radius 1 is 0.734 bits per heavy atom. The third-order valence-electron chi connectivity index (χ3n) is 18.8. The molecule has 7 amide bonds. The average Bonchev–Trinajstić information content (AvgIpc) is 0.767. The molecule has 6 aromatic rings. The van der Waals surface area contributed by atoms with Gasteiger partial charge in [-0.05, 0) is 117 Å². The van der Waals surface area contributed by atoms with Crippen molar-refractivity contribution in [3.05, 3.63) is 139 Å². The van der Waals surface area contributed by atoms with Gasteiger partial charge in [0.15, 0.2) is 35.1 Å². The number of phenols is 3. The number of aromatic amines is 1. The number of hydrogen-bond donors (Lipinski definition) is 19. The summed E-state index contributed by atoms with van der Waals surface area (Å²) < 4.78 is 39.4. The first kappa shape index (κ1) is 80.1. The minimum Gasteiger partial charge on any atom is -0.508 e. The van der Waals surface area contributed by atoms with Crippen molar-refractivity contribution in [1.29, 1.82) is 0 Å². The van der Waals surface area contributed by atoms with Gasteiger partial charge in [-0.3, -0.25) is 38.4 Å². The topological polar surface area (TPSA) is 556 Å². The van der Waals surface area contributed by atoms with Crippen molar-refractivity contribution in [3.63, 3.8) is 0 Å². The van der Waals surface area contributed by atoms with E-state index in [1.54, 1.807) is 6.92 Å². The van der Waals surface area contributed by atoms with Crippen LogP contribution in [0, 0.1) is 12.8 Å². The minimum atomic E-state index is -2.36. The number of hydrogen-bond acceptors (Lipinski definition) is 27. The fourth-order valence-electron chi connectivity index (χ4n) is 13.3. The number of nitrogens with zero attached hydrogens (tertiary/aromatic N) is 1. The van der Waals surface area contributed by atoms with Crippen LogP contribution in [0.5, 0.6) is 46.0 Å². The standard InChI is InChI=1S/C71H79Cl2N11O24S/c1-25(2)13-37(76-6)62(95)83-53-55(90)29-8-11-41(35(72)16-29)104-43-18-31-19-44(59(43)108-69-60(107-48-23-71(5,75)61(94)27(4)103-48)58(93)57(92)45(106-69)24-109-70-77-26(3)14-47(89)79-70)105-42-12-9-30(17-36(42)73)56(91)54-67(100)82-52(68(101)102)34-20-32(85)21-40(87)49(34)33-15-28(7-10-39(33)86)50(64(97)84-54)81-65(98)51(31)80-63(96)38(22-46(74)88)78-66(53)99/h7-12,14-21,25,27,37-38,45,48,50-58,60-61,69,76,85-87,90-94H,13,22-24,75H2,1-6H3,(H2,74,88)(H,78,99)(H,80,96)(H,81,98)(H,82,100)(H,83,95)(H,84,97)(H,101,102)(H,77,79,89)/t27?,37-,38+,45?,48?,50-,51-,52-,53-,54+,55-,56-,57?,58?,60?,61?,69?,71?/m1/s1. The van der Waals surface area contributed by atoms with Crippen LogP contribution < -0.4 is 68.5 Å². The second-order valence-electron chi connectivity index (χ2n) is 27.5. The number of H-pyrrole nitrogens is 1. The molecule has 0 saturated carbocycles. The molecule has 35 nitrogen and oxygen atoms in total. The summed E-state index contributed by atoms with van der Waals surface area (Å²) in [5, 5.41) is 122. The van der Waals surface area contributed by atoms with E-state index in [0.717, 1.165) is 78.5 Å². The number of nitrogens with one attached hydrogen (secondary N) is 8. The van der Waals surface area contributed by atoms with Crippen molar-refractivity contribution >= 4 is 82.3 Å². The molecule has 13 rings (SSSR count). The molecule has 5 aromatic carbocycles. The largest absolute Gasteiger partial charge is 0.508 e. The SMILES string of the molecule is CN[C@H](CC(C)C)C(=O)N[C@H]1C(=O)N[C@@H](CC(N)=O)C(=O)N[C@H]2C(=O)N[C@H]3C(=O)N[C@H](C(=O)N[C@@H](C(=O)O)c4cc(O)cc(O)c4-c4cc3ccc4O)[C@H](O)c3ccc(c(Cl)c3)Oc3cc2cc(c3OC2OC(CSc3nc(C)cc(=O)[nH]3)C(O)C(O)C2OC2CC(C)(N)C(O)C(C)O2)Oc2ccc(cc2Cl)[C@H]1O. The van der Waals surface area contributed by atoms with Crippen LogP contribution in [0.1, 0.15) is 111 Å². The molecule has 8 heterocycles. The Labute approximate surface area is 633 Å². The van der Waals surface area contributed by atoms with Crippen LogP contribution in [-0.2, 0) is 52.6 Å². The molecule has 2 saturated heterocycles. The number of benzene rings is 5. The van der Waals surface area contributed by atoms with Crippen LogP contribution in [-0.4, -0.2) is 195 Å². The molecule has 18 atom stereocenters. The molecule has 582 valence electrons. The summed E-state index contributed by atoms with van der Waals surface area (Å²) in [7, 11) is 1.47. The highest BCUT2D eigenvalue weighted by Crippen LogP contribution is 2.50. The zero-order valence-corrected chi connectivity index (χ0v) is 61.0.